The number of benzene rings is 2. The number of halogens is 2. The van der Waals surface area contributed by atoms with Crippen LogP contribution in [-0.2, 0) is 0 Å². The van der Waals surface area contributed by atoms with Crippen LogP contribution < -0.4 is 21.3 Å². The highest BCUT2D eigenvalue weighted by Crippen LogP contribution is 2.33. The molecule has 0 spiro atoms. The molecule has 9 heteroatoms. The van der Waals surface area contributed by atoms with E-state index in [4.69, 9.17) is 22.1 Å². The van der Waals surface area contributed by atoms with Crippen molar-refractivity contribution >= 4 is 29.0 Å². The van der Waals surface area contributed by atoms with E-state index in [-0.39, 0.29) is 33.6 Å². The molecule has 0 saturated carbocycles. The van der Waals surface area contributed by atoms with E-state index in [0.717, 1.165) is 11.6 Å². The number of hydrogen-bond donors (Lipinski definition) is 2. The van der Waals surface area contributed by atoms with Gasteiger partial charge in [-0.25, -0.2) is 9.37 Å². The third-order valence-electron chi connectivity index (χ3n) is 5.10. The van der Waals surface area contributed by atoms with Crippen molar-refractivity contribution in [2.24, 2.45) is 0 Å². The Hall–Kier alpha value is -4.17. The van der Waals surface area contributed by atoms with E-state index >= 15 is 0 Å². The summed E-state index contributed by atoms with van der Waals surface area (Å²) in [5.74, 6) is -1.34. The van der Waals surface area contributed by atoms with Crippen molar-refractivity contribution in [2.45, 2.75) is 13.8 Å². The quantitative estimate of drug-likeness (QED) is 0.407. The number of ether oxygens (including phenoxy) is 1. The number of carbonyl (C=O) groups excluding carboxylic acids is 1. The number of nitrogens with two attached hydrogens (primary N) is 1. The first kappa shape index (κ1) is 23.0. The normalized spacial score (nSPS) is 10.7. The second-order valence-electron chi connectivity index (χ2n) is 7.57. The molecule has 7 nitrogen and oxygen atoms in total. The summed E-state index contributed by atoms with van der Waals surface area (Å²) in [5, 5.41) is 2.61. The minimum Gasteiger partial charge on any atom is -0.453 e. The second kappa shape index (κ2) is 9.36. The number of nitrogen functional groups attached to an aromatic ring is 1. The molecule has 2 aromatic carbocycles. The number of hydrogen-bond acceptors (Lipinski definition) is 5. The fourth-order valence-electron chi connectivity index (χ4n) is 3.32. The Labute approximate surface area is 199 Å². The van der Waals surface area contributed by atoms with Crippen molar-refractivity contribution in [2.75, 3.05) is 11.1 Å². The molecule has 1 amide bonds. The standard InChI is InChI=1S/C25H20ClFN4O3/c1-14-3-7-17(8-4-14)31-15(2)5-9-18(25(31)33)24(32)30-16-6-10-20(19(27)13-16)34-21-11-12-29-23(28)22(21)26/h3-13H,1-2H3,(H2,28,29)(H,30,32). The van der Waals surface area contributed by atoms with Gasteiger partial charge in [0.05, 0.1) is 0 Å². The maximum atomic E-state index is 14.6. The molecular formula is C25H20ClFN4O3. The van der Waals surface area contributed by atoms with Crippen LogP contribution in [-0.4, -0.2) is 15.5 Å². The van der Waals surface area contributed by atoms with Gasteiger partial charge in [0.1, 0.15) is 16.4 Å². The first-order chi connectivity index (χ1) is 16.2. The molecule has 0 fully saturated rings. The molecule has 0 saturated heterocycles. The Morgan fingerprint density at radius 3 is 2.50 bits per heavy atom. The lowest BCUT2D eigenvalue weighted by Gasteiger charge is -2.13. The Morgan fingerprint density at radius 2 is 1.79 bits per heavy atom. The Balaban J connectivity index is 1.58. The minimum atomic E-state index is -0.745. The van der Waals surface area contributed by atoms with Crippen LogP contribution in [0.5, 0.6) is 11.5 Å². The van der Waals surface area contributed by atoms with Gasteiger partial charge in [0.25, 0.3) is 11.5 Å². The smallest absolute Gasteiger partial charge is 0.268 e. The number of rotatable bonds is 5. The number of pyridine rings is 2. The molecular weight excluding hydrogens is 459 g/mol. The van der Waals surface area contributed by atoms with Crippen molar-refractivity contribution in [3.8, 4) is 17.2 Å². The lowest BCUT2D eigenvalue weighted by Crippen LogP contribution is -2.29. The predicted molar refractivity (Wildman–Crippen MR) is 130 cm³/mol. The Morgan fingerprint density at radius 1 is 1.06 bits per heavy atom. The van der Waals surface area contributed by atoms with Gasteiger partial charge < -0.3 is 15.8 Å². The summed E-state index contributed by atoms with van der Waals surface area (Å²) in [6.07, 6.45) is 1.38. The van der Waals surface area contributed by atoms with E-state index in [1.54, 1.807) is 13.0 Å². The molecule has 3 N–H and O–H groups in total. The fraction of sp³-hybridized carbons (Fsp3) is 0.0800. The number of anilines is 2. The van der Waals surface area contributed by atoms with Crippen LogP contribution in [0, 0.1) is 19.7 Å². The summed E-state index contributed by atoms with van der Waals surface area (Å²) < 4.78 is 21.6. The van der Waals surface area contributed by atoms with Crippen molar-refractivity contribution in [3.63, 3.8) is 0 Å². The first-order valence-electron chi connectivity index (χ1n) is 10.2. The lowest BCUT2D eigenvalue weighted by atomic mass is 10.2. The SMILES string of the molecule is Cc1ccc(-n2c(C)ccc(C(=O)Nc3ccc(Oc4ccnc(N)c4Cl)c(F)c3)c2=O)cc1. The minimum absolute atomic E-state index is 0.0536. The van der Waals surface area contributed by atoms with Crippen LogP contribution in [0.4, 0.5) is 15.9 Å². The second-order valence-corrected chi connectivity index (χ2v) is 7.95. The largest absolute Gasteiger partial charge is 0.453 e. The van der Waals surface area contributed by atoms with Crippen LogP contribution >= 0.6 is 11.6 Å². The van der Waals surface area contributed by atoms with E-state index in [9.17, 15) is 14.0 Å². The van der Waals surface area contributed by atoms with Gasteiger partial charge in [0.2, 0.25) is 0 Å². The molecule has 4 aromatic rings. The summed E-state index contributed by atoms with van der Waals surface area (Å²) in [7, 11) is 0. The zero-order valence-corrected chi connectivity index (χ0v) is 19.1. The molecule has 2 aromatic heterocycles. The zero-order valence-electron chi connectivity index (χ0n) is 18.3. The molecule has 0 aliphatic carbocycles. The molecule has 0 aliphatic rings. The average molecular weight is 479 g/mol. The number of nitrogens with one attached hydrogen (secondary N) is 1. The van der Waals surface area contributed by atoms with Gasteiger partial charge in [0, 0.05) is 35.4 Å². The average Bonchev–Trinajstić information content (AvgIpc) is 2.80. The number of nitrogens with zero attached hydrogens (tertiary/aromatic N) is 2. The summed E-state index contributed by atoms with van der Waals surface area (Å²) in [6, 6.07) is 15.8. The topological polar surface area (TPSA) is 99.2 Å². The molecule has 0 unspecified atom stereocenters. The molecule has 0 radical (unpaired) electrons. The highest BCUT2D eigenvalue weighted by molar-refractivity contribution is 6.34. The third-order valence-corrected chi connectivity index (χ3v) is 5.48. The molecule has 34 heavy (non-hydrogen) atoms. The summed E-state index contributed by atoms with van der Waals surface area (Å²) >= 11 is 6.03. The number of carbonyl (C=O) groups is 1. The van der Waals surface area contributed by atoms with Gasteiger partial charge in [-0.15, -0.1) is 0 Å². The molecule has 172 valence electrons. The zero-order chi connectivity index (χ0) is 24.4. The van der Waals surface area contributed by atoms with E-state index < -0.39 is 17.3 Å². The number of aromatic nitrogens is 2. The van der Waals surface area contributed by atoms with Crippen LogP contribution in [0.1, 0.15) is 21.6 Å². The van der Waals surface area contributed by atoms with Gasteiger partial charge >= 0.3 is 0 Å². The Bertz CT molecular complexity index is 1450. The molecule has 0 bridgehead atoms. The Kier molecular flexibility index (Phi) is 6.34. The molecule has 0 aliphatic heterocycles. The van der Waals surface area contributed by atoms with E-state index in [0.29, 0.717) is 11.4 Å². The molecule has 0 atom stereocenters. The summed E-state index contributed by atoms with van der Waals surface area (Å²) in [6.45, 7) is 3.72. The fourth-order valence-corrected chi connectivity index (χ4v) is 3.47. The van der Waals surface area contributed by atoms with Gasteiger partial charge in [0.15, 0.2) is 17.3 Å². The maximum Gasteiger partial charge on any atom is 0.268 e. The highest BCUT2D eigenvalue weighted by atomic mass is 35.5. The summed E-state index contributed by atoms with van der Waals surface area (Å²) in [5.41, 5.74) is 7.59. The number of aryl methyl sites for hydroxylation is 2. The summed E-state index contributed by atoms with van der Waals surface area (Å²) in [4.78, 5) is 29.7. The van der Waals surface area contributed by atoms with Crippen LogP contribution in [0.2, 0.25) is 5.02 Å². The third kappa shape index (κ3) is 4.62. The number of amides is 1. The lowest BCUT2D eigenvalue weighted by molar-refractivity contribution is 0.102. The van der Waals surface area contributed by atoms with Crippen molar-refractivity contribution in [1.82, 2.24) is 9.55 Å². The van der Waals surface area contributed by atoms with E-state index in [1.165, 1.54) is 35.0 Å². The van der Waals surface area contributed by atoms with Crippen molar-refractivity contribution in [3.05, 3.63) is 105 Å². The van der Waals surface area contributed by atoms with Crippen LogP contribution in [0.15, 0.2) is 71.7 Å². The molecule has 2 heterocycles. The monoisotopic (exact) mass is 478 g/mol. The van der Waals surface area contributed by atoms with Gasteiger partial charge in [-0.1, -0.05) is 29.3 Å². The van der Waals surface area contributed by atoms with E-state index in [2.05, 4.69) is 10.3 Å². The van der Waals surface area contributed by atoms with Gasteiger partial charge in [-0.2, -0.15) is 0 Å². The first-order valence-corrected chi connectivity index (χ1v) is 10.6. The van der Waals surface area contributed by atoms with Crippen LogP contribution in [0.25, 0.3) is 5.69 Å². The predicted octanol–water partition coefficient (Wildman–Crippen LogP) is 5.27. The van der Waals surface area contributed by atoms with Crippen LogP contribution in [0.3, 0.4) is 0 Å². The highest BCUT2D eigenvalue weighted by Gasteiger charge is 2.17. The van der Waals surface area contributed by atoms with Crippen molar-refractivity contribution < 1.29 is 13.9 Å². The van der Waals surface area contributed by atoms with E-state index in [1.807, 2.05) is 31.2 Å². The molecule has 4 rings (SSSR count). The van der Waals surface area contributed by atoms with Crippen molar-refractivity contribution in [1.29, 1.82) is 0 Å². The van der Waals surface area contributed by atoms with Gasteiger partial charge in [-0.05, 0) is 50.2 Å². The van der Waals surface area contributed by atoms with Gasteiger partial charge in [-0.3, -0.25) is 14.2 Å². The maximum absolute atomic E-state index is 14.6.